The lowest BCUT2D eigenvalue weighted by Crippen LogP contribution is -2.16. The van der Waals surface area contributed by atoms with E-state index in [1.165, 1.54) is 7.11 Å². The molecular formula is C24H18ClNO4. The third-order valence-corrected chi connectivity index (χ3v) is 4.95. The summed E-state index contributed by atoms with van der Waals surface area (Å²) in [5.41, 5.74) is 2.33. The van der Waals surface area contributed by atoms with Gasteiger partial charge in [-0.2, -0.15) is 0 Å². The Morgan fingerprint density at radius 2 is 1.83 bits per heavy atom. The van der Waals surface area contributed by atoms with Crippen molar-refractivity contribution in [3.05, 3.63) is 93.1 Å². The van der Waals surface area contributed by atoms with Gasteiger partial charge < -0.3 is 9.15 Å². The summed E-state index contributed by atoms with van der Waals surface area (Å²) in [6, 6.07) is 19.0. The standard InChI is InChI=1S/C24H18ClNO4/c1-14-5-3-6-15(11-14)21-22(27)19-13-17(25)9-10-20(19)30-24(21)26-23(28)16-7-4-8-18(12-16)29-2/h3-13H,1-2H3,(H,26,28). The molecule has 0 spiro atoms. The van der Waals surface area contributed by atoms with Crippen molar-refractivity contribution in [1.82, 2.24) is 0 Å². The summed E-state index contributed by atoms with van der Waals surface area (Å²) in [6.07, 6.45) is 0. The molecule has 0 radical (unpaired) electrons. The van der Waals surface area contributed by atoms with Crippen LogP contribution in [0.1, 0.15) is 15.9 Å². The van der Waals surface area contributed by atoms with Crippen LogP contribution in [0.3, 0.4) is 0 Å². The van der Waals surface area contributed by atoms with E-state index in [1.807, 2.05) is 25.1 Å². The average molecular weight is 420 g/mol. The van der Waals surface area contributed by atoms with Crippen LogP contribution in [-0.4, -0.2) is 13.0 Å². The number of halogens is 1. The Bertz CT molecular complexity index is 1330. The minimum absolute atomic E-state index is 0.0771. The van der Waals surface area contributed by atoms with Crippen molar-refractivity contribution in [3.63, 3.8) is 0 Å². The number of anilines is 1. The Morgan fingerprint density at radius 1 is 1.03 bits per heavy atom. The highest BCUT2D eigenvalue weighted by Gasteiger charge is 2.19. The van der Waals surface area contributed by atoms with Gasteiger partial charge in [-0.05, 0) is 48.9 Å². The number of nitrogens with one attached hydrogen (secondary N) is 1. The van der Waals surface area contributed by atoms with Gasteiger partial charge in [0.1, 0.15) is 11.3 Å². The minimum atomic E-state index is -0.417. The molecule has 6 heteroatoms. The summed E-state index contributed by atoms with van der Waals surface area (Å²) in [6.45, 7) is 1.93. The minimum Gasteiger partial charge on any atom is -0.497 e. The lowest BCUT2D eigenvalue weighted by atomic mass is 10.0. The molecule has 0 aliphatic carbocycles. The van der Waals surface area contributed by atoms with E-state index in [2.05, 4.69) is 5.32 Å². The number of hydrogen-bond donors (Lipinski definition) is 1. The molecule has 3 aromatic carbocycles. The molecule has 150 valence electrons. The van der Waals surface area contributed by atoms with Crippen molar-refractivity contribution < 1.29 is 13.9 Å². The van der Waals surface area contributed by atoms with Gasteiger partial charge in [0.25, 0.3) is 5.91 Å². The largest absolute Gasteiger partial charge is 0.497 e. The first-order valence-electron chi connectivity index (χ1n) is 9.25. The lowest BCUT2D eigenvalue weighted by Gasteiger charge is -2.12. The highest BCUT2D eigenvalue weighted by Crippen LogP contribution is 2.30. The topological polar surface area (TPSA) is 68.5 Å². The number of carbonyl (C=O) groups is 1. The van der Waals surface area contributed by atoms with E-state index in [9.17, 15) is 9.59 Å². The Balaban J connectivity index is 1.89. The molecule has 30 heavy (non-hydrogen) atoms. The van der Waals surface area contributed by atoms with Crippen molar-refractivity contribution in [1.29, 1.82) is 0 Å². The molecule has 4 aromatic rings. The van der Waals surface area contributed by atoms with Gasteiger partial charge in [0.05, 0.1) is 18.1 Å². The SMILES string of the molecule is COc1cccc(C(=O)Nc2oc3ccc(Cl)cc3c(=O)c2-c2cccc(C)c2)c1. The number of ether oxygens (including phenoxy) is 1. The predicted octanol–water partition coefficient (Wildman–Crippen LogP) is 5.68. The van der Waals surface area contributed by atoms with Crippen molar-refractivity contribution in [2.24, 2.45) is 0 Å². The van der Waals surface area contributed by atoms with Gasteiger partial charge in [0.2, 0.25) is 11.3 Å². The van der Waals surface area contributed by atoms with Crippen molar-refractivity contribution in [2.45, 2.75) is 6.92 Å². The van der Waals surface area contributed by atoms with Gasteiger partial charge >= 0.3 is 0 Å². The van der Waals surface area contributed by atoms with E-state index >= 15 is 0 Å². The average Bonchev–Trinajstić information content (AvgIpc) is 2.74. The van der Waals surface area contributed by atoms with Gasteiger partial charge in [0.15, 0.2) is 0 Å². The molecule has 1 aromatic heterocycles. The van der Waals surface area contributed by atoms with Crippen LogP contribution in [-0.2, 0) is 0 Å². The van der Waals surface area contributed by atoms with Crippen LogP contribution in [0.25, 0.3) is 22.1 Å². The second-order valence-electron chi connectivity index (χ2n) is 6.83. The fraction of sp³-hybridized carbons (Fsp3) is 0.0833. The lowest BCUT2D eigenvalue weighted by molar-refractivity contribution is 0.102. The van der Waals surface area contributed by atoms with Crippen LogP contribution in [0.15, 0.2) is 75.9 Å². The maximum atomic E-state index is 13.3. The maximum Gasteiger partial charge on any atom is 0.258 e. The number of benzene rings is 3. The third-order valence-electron chi connectivity index (χ3n) is 4.72. The van der Waals surface area contributed by atoms with Gasteiger partial charge in [-0.1, -0.05) is 47.5 Å². The molecule has 0 saturated carbocycles. The quantitative estimate of drug-likeness (QED) is 0.462. The molecule has 0 unspecified atom stereocenters. The molecule has 0 atom stereocenters. The fourth-order valence-corrected chi connectivity index (χ4v) is 3.43. The summed E-state index contributed by atoms with van der Waals surface area (Å²) in [4.78, 5) is 26.2. The fourth-order valence-electron chi connectivity index (χ4n) is 3.26. The summed E-state index contributed by atoms with van der Waals surface area (Å²) in [5.74, 6) is 0.212. The number of methoxy groups -OCH3 is 1. The molecule has 0 aliphatic heterocycles. The number of aryl methyl sites for hydroxylation is 1. The highest BCUT2D eigenvalue weighted by atomic mass is 35.5. The first kappa shape index (κ1) is 19.7. The van der Waals surface area contributed by atoms with Crippen molar-refractivity contribution in [2.75, 3.05) is 12.4 Å². The normalized spacial score (nSPS) is 10.8. The summed E-state index contributed by atoms with van der Waals surface area (Å²) >= 11 is 6.08. The van der Waals surface area contributed by atoms with Crippen LogP contribution >= 0.6 is 11.6 Å². The van der Waals surface area contributed by atoms with Crippen LogP contribution < -0.4 is 15.5 Å². The maximum absolute atomic E-state index is 13.3. The molecule has 1 amide bonds. The smallest absolute Gasteiger partial charge is 0.258 e. The molecule has 0 saturated heterocycles. The van der Waals surface area contributed by atoms with Gasteiger partial charge in [-0.15, -0.1) is 0 Å². The number of hydrogen-bond acceptors (Lipinski definition) is 4. The predicted molar refractivity (Wildman–Crippen MR) is 119 cm³/mol. The molecular weight excluding hydrogens is 402 g/mol. The van der Waals surface area contributed by atoms with E-state index in [4.69, 9.17) is 20.8 Å². The monoisotopic (exact) mass is 419 g/mol. The Kier molecular flexibility index (Phi) is 5.29. The van der Waals surface area contributed by atoms with E-state index in [0.717, 1.165) is 5.56 Å². The zero-order valence-electron chi connectivity index (χ0n) is 16.4. The number of amides is 1. The third kappa shape index (κ3) is 3.80. The number of carbonyl (C=O) groups excluding carboxylic acids is 1. The van der Waals surface area contributed by atoms with Crippen LogP contribution in [0.5, 0.6) is 5.75 Å². The first-order valence-corrected chi connectivity index (χ1v) is 9.63. The highest BCUT2D eigenvalue weighted by molar-refractivity contribution is 6.31. The van der Waals surface area contributed by atoms with Crippen LogP contribution in [0.4, 0.5) is 5.88 Å². The van der Waals surface area contributed by atoms with E-state index in [1.54, 1.807) is 48.5 Å². The molecule has 1 heterocycles. The molecule has 1 N–H and O–H groups in total. The molecule has 0 bridgehead atoms. The zero-order valence-corrected chi connectivity index (χ0v) is 17.1. The van der Waals surface area contributed by atoms with E-state index in [-0.39, 0.29) is 16.9 Å². The Hall–Kier alpha value is -3.57. The van der Waals surface area contributed by atoms with E-state index < -0.39 is 5.91 Å². The Morgan fingerprint density at radius 3 is 2.60 bits per heavy atom. The van der Waals surface area contributed by atoms with Gasteiger partial charge in [-0.25, -0.2) is 0 Å². The number of fused-ring (bicyclic) bond motifs is 1. The molecule has 4 rings (SSSR count). The number of rotatable bonds is 4. The van der Waals surface area contributed by atoms with Gasteiger partial charge in [-0.3, -0.25) is 14.9 Å². The second-order valence-corrected chi connectivity index (χ2v) is 7.27. The van der Waals surface area contributed by atoms with Crippen LogP contribution in [0, 0.1) is 6.92 Å². The summed E-state index contributed by atoms with van der Waals surface area (Å²) in [7, 11) is 1.53. The van der Waals surface area contributed by atoms with Crippen LogP contribution in [0.2, 0.25) is 5.02 Å². The van der Waals surface area contributed by atoms with E-state index in [0.29, 0.717) is 32.9 Å². The van der Waals surface area contributed by atoms with Gasteiger partial charge in [0, 0.05) is 10.6 Å². The Labute approximate surface area is 177 Å². The molecule has 5 nitrogen and oxygen atoms in total. The molecule has 0 aliphatic rings. The van der Waals surface area contributed by atoms with Crippen molar-refractivity contribution in [3.8, 4) is 16.9 Å². The first-order chi connectivity index (χ1) is 14.5. The summed E-state index contributed by atoms with van der Waals surface area (Å²) < 4.78 is 11.1. The zero-order chi connectivity index (χ0) is 21.3. The second kappa shape index (κ2) is 8.05. The summed E-state index contributed by atoms with van der Waals surface area (Å²) in [5, 5.41) is 3.52. The van der Waals surface area contributed by atoms with Crippen molar-refractivity contribution >= 4 is 34.4 Å². The molecule has 0 fully saturated rings.